The molecule has 0 spiro atoms. The number of aromatic nitrogens is 2. The lowest BCUT2D eigenvalue weighted by molar-refractivity contribution is -0.116. The van der Waals surface area contributed by atoms with E-state index in [0.717, 1.165) is 33.6 Å². The van der Waals surface area contributed by atoms with Crippen LogP contribution in [0.3, 0.4) is 0 Å². The van der Waals surface area contributed by atoms with Crippen LogP contribution in [0.25, 0.3) is 22.9 Å². The minimum Gasteiger partial charge on any atom is -0.348 e. The Morgan fingerprint density at radius 1 is 1.06 bits per heavy atom. The average Bonchev–Trinajstić information content (AvgIpc) is 3.28. The molecule has 1 N–H and O–H groups in total. The molecule has 0 aliphatic rings. The van der Waals surface area contributed by atoms with Gasteiger partial charge in [-0.05, 0) is 53.5 Å². The third-order valence-electron chi connectivity index (χ3n) is 5.06. The lowest BCUT2D eigenvalue weighted by Gasteiger charge is -2.07. The summed E-state index contributed by atoms with van der Waals surface area (Å²) in [5.41, 5.74) is 6.22. The first-order valence-electron chi connectivity index (χ1n) is 10.3. The zero-order valence-electron chi connectivity index (χ0n) is 17.7. The minimum atomic E-state index is -0.192. The highest BCUT2D eigenvalue weighted by Gasteiger charge is 2.06. The van der Waals surface area contributed by atoms with Gasteiger partial charge in [0.15, 0.2) is 0 Å². The van der Waals surface area contributed by atoms with Crippen LogP contribution in [-0.2, 0) is 11.3 Å². The molecule has 0 atom stereocenters. The monoisotopic (exact) mass is 418 g/mol. The average molecular weight is 419 g/mol. The molecule has 0 aliphatic heterocycles. The Morgan fingerprint density at radius 2 is 1.88 bits per heavy atom. The van der Waals surface area contributed by atoms with Gasteiger partial charge in [0, 0.05) is 18.8 Å². The topological polar surface area (TPSA) is 70.7 Å². The molecule has 4 aromatic rings. The Bertz CT molecular complexity index is 1310. The van der Waals surface area contributed by atoms with Gasteiger partial charge >= 0.3 is 0 Å². The van der Waals surface area contributed by atoms with Crippen molar-refractivity contribution in [1.29, 1.82) is 5.26 Å². The minimum absolute atomic E-state index is 0.192. The highest BCUT2D eigenvalue weighted by atomic mass is 16.1. The third kappa shape index (κ3) is 5.00. The number of imidazole rings is 1. The fraction of sp³-hybridized carbons (Fsp3) is 0.0741. The maximum Gasteiger partial charge on any atom is 0.244 e. The summed E-state index contributed by atoms with van der Waals surface area (Å²) >= 11 is 0. The molecule has 1 heterocycles. The van der Waals surface area contributed by atoms with Gasteiger partial charge < -0.3 is 9.88 Å². The lowest BCUT2D eigenvalue weighted by atomic mass is 10.0. The van der Waals surface area contributed by atoms with Crippen LogP contribution >= 0.6 is 0 Å². The molecule has 0 unspecified atom stereocenters. The summed E-state index contributed by atoms with van der Waals surface area (Å²) in [4.78, 5) is 16.5. The molecule has 156 valence electrons. The Morgan fingerprint density at radius 3 is 2.62 bits per heavy atom. The number of amides is 1. The van der Waals surface area contributed by atoms with Gasteiger partial charge in [-0.2, -0.15) is 5.26 Å². The van der Waals surface area contributed by atoms with Gasteiger partial charge in [-0.25, -0.2) is 4.98 Å². The van der Waals surface area contributed by atoms with Gasteiger partial charge in [0.1, 0.15) is 6.07 Å². The van der Waals surface area contributed by atoms with Crippen molar-refractivity contribution in [2.45, 2.75) is 13.5 Å². The van der Waals surface area contributed by atoms with Crippen molar-refractivity contribution in [2.24, 2.45) is 0 Å². The third-order valence-corrected chi connectivity index (χ3v) is 5.06. The molecule has 0 saturated carbocycles. The number of nitriles is 1. The number of aryl methyl sites for hydroxylation is 1. The molecule has 4 rings (SSSR count). The van der Waals surface area contributed by atoms with E-state index in [4.69, 9.17) is 0 Å². The smallest absolute Gasteiger partial charge is 0.244 e. The Kier molecular flexibility index (Phi) is 6.24. The molecule has 5 heteroatoms. The first-order chi connectivity index (χ1) is 15.6. The van der Waals surface area contributed by atoms with E-state index in [1.54, 1.807) is 18.5 Å². The zero-order valence-corrected chi connectivity index (χ0v) is 17.7. The maximum absolute atomic E-state index is 12.3. The number of carbonyl (C=O) groups excluding carboxylic acids is 1. The van der Waals surface area contributed by atoms with E-state index in [-0.39, 0.29) is 5.91 Å². The van der Waals surface area contributed by atoms with Crippen LogP contribution < -0.4 is 5.32 Å². The molecule has 0 aliphatic carbocycles. The van der Waals surface area contributed by atoms with Gasteiger partial charge in [0.05, 0.1) is 23.3 Å². The van der Waals surface area contributed by atoms with Gasteiger partial charge in [-0.15, -0.1) is 0 Å². The molecule has 0 radical (unpaired) electrons. The molecule has 0 saturated heterocycles. The Hall–Kier alpha value is -4.43. The predicted octanol–water partition coefficient (Wildman–Crippen LogP) is 5.05. The van der Waals surface area contributed by atoms with E-state index < -0.39 is 0 Å². The number of nitrogens with one attached hydrogen (secondary N) is 1. The van der Waals surface area contributed by atoms with Crippen molar-refractivity contribution < 1.29 is 4.79 Å². The fourth-order valence-corrected chi connectivity index (χ4v) is 3.44. The predicted molar refractivity (Wildman–Crippen MR) is 126 cm³/mol. The van der Waals surface area contributed by atoms with Crippen molar-refractivity contribution in [3.05, 3.63) is 114 Å². The summed E-state index contributed by atoms with van der Waals surface area (Å²) in [6.07, 6.45) is 6.74. The molecule has 1 aromatic heterocycles. The van der Waals surface area contributed by atoms with Crippen LogP contribution in [0.4, 0.5) is 0 Å². The van der Waals surface area contributed by atoms with Crippen molar-refractivity contribution in [3.8, 4) is 22.9 Å². The highest BCUT2D eigenvalue weighted by molar-refractivity contribution is 5.91. The van der Waals surface area contributed by atoms with Crippen LogP contribution in [0.1, 0.15) is 22.4 Å². The molecule has 3 aromatic carbocycles. The number of hydrogen-bond acceptors (Lipinski definition) is 3. The zero-order chi connectivity index (χ0) is 22.3. The van der Waals surface area contributed by atoms with Gasteiger partial charge in [0.25, 0.3) is 0 Å². The second-order valence-electron chi connectivity index (χ2n) is 7.43. The Balaban J connectivity index is 1.40. The number of rotatable bonds is 6. The van der Waals surface area contributed by atoms with Crippen LogP contribution in [0.2, 0.25) is 0 Å². The van der Waals surface area contributed by atoms with E-state index in [1.807, 2.05) is 60.2 Å². The van der Waals surface area contributed by atoms with Crippen LogP contribution in [0.5, 0.6) is 0 Å². The van der Waals surface area contributed by atoms with E-state index in [9.17, 15) is 10.1 Å². The lowest BCUT2D eigenvalue weighted by Crippen LogP contribution is -2.20. The van der Waals surface area contributed by atoms with Crippen LogP contribution in [-0.4, -0.2) is 15.5 Å². The van der Waals surface area contributed by atoms with Crippen molar-refractivity contribution in [1.82, 2.24) is 14.9 Å². The van der Waals surface area contributed by atoms with Crippen LogP contribution in [0, 0.1) is 18.3 Å². The van der Waals surface area contributed by atoms with Crippen LogP contribution in [0.15, 0.2) is 91.4 Å². The van der Waals surface area contributed by atoms with E-state index in [1.165, 1.54) is 6.08 Å². The summed E-state index contributed by atoms with van der Waals surface area (Å²) in [7, 11) is 0. The largest absolute Gasteiger partial charge is 0.348 e. The number of benzene rings is 3. The van der Waals surface area contributed by atoms with Crippen molar-refractivity contribution in [2.75, 3.05) is 0 Å². The molecular formula is C27H22N4O. The fourth-order valence-electron chi connectivity index (χ4n) is 3.44. The first-order valence-corrected chi connectivity index (χ1v) is 10.3. The normalized spacial score (nSPS) is 10.8. The quantitative estimate of drug-likeness (QED) is 0.446. The molecule has 1 amide bonds. The van der Waals surface area contributed by atoms with E-state index in [2.05, 4.69) is 40.6 Å². The van der Waals surface area contributed by atoms with Gasteiger partial charge in [0.2, 0.25) is 5.91 Å². The van der Waals surface area contributed by atoms with E-state index in [0.29, 0.717) is 12.1 Å². The molecule has 32 heavy (non-hydrogen) atoms. The molecule has 0 bridgehead atoms. The van der Waals surface area contributed by atoms with E-state index >= 15 is 0 Å². The van der Waals surface area contributed by atoms with Gasteiger partial charge in [-0.1, -0.05) is 54.6 Å². The first kappa shape index (κ1) is 20.8. The summed E-state index contributed by atoms with van der Waals surface area (Å²) in [6.45, 7) is 2.34. The molecule has 0 fully saturated rings. The maximum atomic E-state index is 12.3. The van der Waals surface area contributed by atoms with Crippen molar-refractivity contribution in [3.63, 3.8) is 0 Å². The second-order valence-corrected chi connectivity index (χ2v) is 7.43. The summed E-state index contributed by atoms with van der Waals surface area (Å²) in [6, 6.07) is 26.0. The SMILES string of the molecule is Cc1cn(-c2ccc(C=CC(=O)NCc3cccc(-c4ccccc4)c3)cc2C#N)cn1. The summed E-state index contributed by atoms with van der Waals surface area (Å²) < 4.78 is 1.82. The van der Waals surface area contributed by atoms with Gasteiger partial charge in [-0.3, -0.25) is 4.79 Å². The summed E-state index contributed by atoms with van der Waals surface area (Å²) in [5, 5.41) is 12.4. The highest BCUT2D eigenvalue weighted by Crippen LogP contribution is 2.20. The number of hydrogen-bond donors (Lipinski definition) is 1. The number of nitrogens with zero attached hydrogens (tertiary/aromatic N) is 3. The molecular weight excluding hydrogens is 396 g/mol. The standard InChI is InChI=1S/C27H22N4O/c1-20-18-31(19-30-20)26-12-10-21(14-25(26)16-28)11-13-27(32)29-17-22-6-5-9-24(15-22)23-7-3-2-4-8-23/h2-15,18-19H,17H2,1H3,(H,29,32). The number of carbonyl (C=O) groups is 1. The molecule has 5 nitrogen and oxygen atoms in total. The second kappa shape index (κ2) is 9.59. The van der Waals surface area contributed by atoms with Crippen molar-refractivity contribution >= 4 is 12.0 Å². The Labute approximate surface area is 187 Å². The summed E-state index contributed by atoms with van der Waals surface area (Å²) in [5.74, 6) is -0.192.